The molecule has 0 unspecified atom stereocenters. The van der Waals surface area contributed by atoms with Crippen molar-refractivity contribution in [3.8, 4) is 6.07 Å². The Morgan fingerprint density at radius 2 is 1.87 bits per heavy atom. The molecule has 0 aliphatic rings. The molecule has 1 heterocycles. The van der Waals surface area contributed by atoms with Crippen LogP contribution in [0.5, 0.6) is 0 Å². The topological polar surface area (TPSA) is 56.6 Å². The SMILES string of the molecule is CCSc1c(C)cccc1C#N.Cc1cccc2c(=O)[nH]sc12. The van der Waals surface area contributed by atoms with Gasteiger partial charge in [0.25, 0.3) is 5.56 Å². The Morgan fingerprint density at radius 1 is 1.17 bits per heavy atom. The molecule has 23 heavy (non-hydrogen) atoms. The van der Waals surface area contributed by atoms with Gasteiger partial charge in [-0.25, -0.2) is 0 Å². The van der Waals surface area contributed by atoms with Crippen LogP contribution in [0.4, 0.5) is 0 Å². The van der Waals surface area contributed by atoms with Gasteiger partial charge in [-0.1, -0.05) is 42.7 Å². The fourth-order valence-corrected chi connectivity index (χ4v) is 3.85. The molecule has 118 valence electrons. The fraction of sp³-hybridized carbons (Fsp3) is 0.222. The molecule has 3 aromatic rings. The number of nitrogens with one attached hydrogen (secondary N) is 1. The molecule has 3 rings (SSSR count). The zero-order chi connectivity index (χ0) is 16.8. The number of aromatic nitrogens is 1. The van der Waals surface area contributed by atoms with Crippen LogP contribution >= 0.6 is 23.3 Å². The second-order valence-corrected chi connectivity index (χ2v) is 7.07. The third-order valence-electron chi connectivity index (χ3n) is 3.32. The summed E-state index contributed by atoms with van der Waals surface area (Å²) in [5.41, 5.74) is 3.17. The summed E-state index contributed by atoms with van der Waals surface area (Å²) in [4.78, 5) is 12.2. The van der Waals surface area contributed by atoms with Gasteiger partial charge in [0.1, 0.15) is 6.07 Å². The first-order valence-corrected chi connectivity index (χ1v) is 9.08. The number of nitrogens with zero attached hydrogens (tertiary/aromatic N) is 1. The number of rotatable bonds is 2. The van der Waals surface area contributed by atoms with Crippen LogP contribution in [0.25, 0.3) is 10.1 Å². The summed E-state index contributed by atoms with van der Waals surface area (Å²) >= 11 is 3.13. The van der Waals surface area contributed by atoms with Crippen molar-refractivity contribution in [2.24, 2.45) is 0 Å². The zero-order valence-corrected chi connectivity index (χ0v) is 15.0. The number of nitriles is 1. The fourth-order valence-electron chi connectivity index (χ4n) is 2.20. The lowest BCUT2D eigenvalue weighted by Crippen LogP contribution is -1.95. The van der Waals surface area contributed by atoms with Crippen molar-refractivity contribution in [3.63, 3.8) is 0 Å². The molecule has 3 nitrogen and oxygen atoms in total. The molecule has 0 fully saturated rings. The normalized spacial score (nSPS) is 10.0. The number of fused-ring (bicyclic) bond motifs is 1. The molecular formula is C18H18N2OS2. The van der Waals surface area contributed by atoms with Gasteiger partial charge in [-0.2, -0.15) is 5.26 Å². The molecule has 0 bridgehead atoms. The number of benzene rings is 2. The minimum Gasteiger partial charge on any atom is -0.277 e. The average molecular weight is 342 g/mol. The van der Waals surface area contributed by atoms with Gasteiger partial charge < -0.3 is 0 Å². The first-order chi connectivity index (χ1) is 11.1. The summed E-state index contributed by atoms with van der Waals surface area (Å²) in [7, 11) is 0. The van der Waals surface area contributed by atoms with Crippen LogP contribution in [0.1, 0.15) is 23.6 Å². The third kappa shape index (κ3) is 4.04. The van der Waals surface area contributed by atoms with Gasteiger partial charge >= 0.3 is 0 Å². The second kappa shape index (κ2) is 8.00. The minimum atomic E-state index is 0.0219. The molecule has 0 aliphatic heterocycles. The Labute approximate surface area is 144 Å². The van der Waals surface area contributed by atoms with E-state index in [4.69, 9.17) is 5.26 Å². The summed E-state index contributed by atoms with van der Waals surface area (Å²) in [6.45, 7) is 6.14. The van der Waals surface area contributed by atoms with Gasteiger partial charge in [-0.3, -0.25) is 9.17 Å². The molecule has 2 aromatic carbocycles. The number of aromatic amines is 1. The van der Waals surface area contributed by atoms with Crippen molar-refractivity contribution >= 4 is 33.4 Å². The molecule has 0 amide bonds. The molecule has 0 aliphatic carbocycles. The van der Waals surface area contributed by atoms with Crippen molar-refractivity contribution in [1.82, 2.24) is 4.37 Å². The second-order valence-electron chi connectivity index (χ2n) is 4.98. The lowest BCUT2D eigenvalue weighted by atomic mass is 10.1. The van der Waals surface area contributed by atoms with Gasteiger partial charge in [-0.05, 0) is 42.9 Å². The summed E-state index contributed by atoms with van der Waals surface area (Å²) in [6, 6.07) is 13.8. The molecular weight excluding hydrogens is 324 g/mol. The standard InChI is InChI=1S/C10H11NS.C8H7NOS/c1-3-12-10-8(2)5-4-6-9(10)7-11;1-5-3-2-4-6-7(5)11-9-8(6)10/h4-6H,3H2,1-2H3;2-4H,1H3,(H,9,10). The monoisotopic (exact) mass is 342 g/mol. The summed E-state index contributed by atoms with van der Waals surface area (Å²) < 4.78 is 3.77. The summed E-state index contributed by atoms with van der Waals surface area (Å²) in [6.07, 6.45) is 0. The first-order valence-electron chi connectivity index (χ1n) is 7.27. The molecule has 0 spiro atoms. The van der Waals surface area contributed by atoms with Crippen LogP contribution in [0.15, 0.2) is 46.1 Å². The Morgan fingerprint density at radius 3 is 2.52 bits per heavy atom. The van der Waals surface area contributed by atoms with Gasteiger partial charge in [-0.15, -0.1) is 11.8 Å². The number of hydrogen-bond acceptors (Lipinski definition) is 4. The van der Waals surface area contributed by atoms with Crippen molar-refractivity contribution < 1.29 is 0 Å². The lowest BCUT2D eigenvalue weighted by Gasteiger charge is -2.04. The van der Waals surface area contributed by atoms with E-state index in [-0.39, 0.29) is 5.56 Å². The van der Waals surface area contributed by atoms with Gasteiger partial charge in [0.05, 0.1) is 15.6 Å². The van der Waals surface area contributed by atoms with Crippen LogP contribution in [-0.2, 0) is 0 Å². The Hall–Kier alpha value is -2.03. The maximum atomic E-state index is 11.1. The average Bonchev–Trinajstić information content (AvgIpc) is 2.93. The highest BCUT2D eigenvalue weighted by Gasteiger charge is 2.03. The Balaban J connectivity index is 0.000000167. The quantitative estimate of drug-likeness (QED) is 0.676. The van der Waals surface area contributed by atoms with Gasteiger partial charge in [0.15, 0.2) is 0 Å². The van der Waals surface area contributed by atoms with E-state index in [1.807, 2.05) is 50.2 Å². The summed E-state index contributed by atoms with van der Waals surface area (Å²) in [5, 5.41) is 9.61. The molecule has 0 saturated heterocycles. The van der Waals surface area contributed by atoms with E-state index in [1.165, 1.54) is 17.1 Å². The van der Waals surface area contributed by atoms with E-state index in [1.54, 1.807) is 11.8 Å². The Bertz CT molecular complexity index is 903. The first kappa shape index (κ1) is 17.3. The van der Waals surface area contributed by atoms with E-state index in [0.29, 0.717) is 0 Å². The largest absolute Gasteiger partial charge is 0.277 e. The van der Waals surface area contributed by atoms with Crippen LogP contribution in [-0.4, -0.2) is 10.1 Å². The third-order valence-corrected chi connectivity index (χ3v) is 5.48. The van der Waals surface area contributed by atoms with Crippen molar-refractivity contribution in [2.75, 3.05) is 5.75 Å². The van der Waals surface area contributed by atoms with Gasteiger partial charge in [0.2, 0.25) is 0 Å². The van der Waals surface area contributed by atoms with Crippen molar-refractivity contribution in [1.29, 1.82) is 5.26 Å². The lowest BCUT2D eigenvalue weighted by molar-refractivity contribution is 1.26. The minimum absolute atomic E-state index is 0.0219. The molecule has 0 radical (unpaired) electrons. The molecule has 5 heteroatoms. The predicted octanol–water partition coefficient (Wildman–Crippen LogP) is 4.88. The Kier molecular flexibility index (Phi) is 6.03. The number of H-pyrrole nitrogens is 1. The van der Waals surface area contributed by atoms with Crippen molar-refractivity contribution in [2.45, 2.75) is 25.7 Å². The van der Waals surface area contributed by atoms with Crippen LogP contribution in [0, 0.1) is 25.2 Å². The van der Waals surface area contributed by atoms with Crippen molar-refractivity contribution in [3.05, 3.63) is 63.4 Å². The van der Waals surface area contributed by atoms with Crippen LogP contribution in [0.2, 0.25) is 0 Å². The maximum absolute atomic E-state index is 11.1. The number of hydrogen-bond donors (Lipinski definition) is 1. The van der Waals surface area contributed by atoms with Crippen LogP contribution < -0.4 is 5.56 Å². The highest BCUT2D eigenvalue weighted by molar-refractivity contribution is 7.99. The zero-order valence-electron chi connectivity index (χ0n) is 13.3. The van der Waals surface area contributed by atoms with E-state index < -0.39 is 0 Å². The molecule has 0 saturated carbocycles. The molecule has 1 aromatic heterocycles. The van der Waals surface area contributed by atoms with E-state index >= 15 is 0 Å². The predicted molar refractivity (Wildman–Crippen MR) is 99.5 cm³/mol. The van der Waals surface area contributed by atoms with Crippen LogP contribution in [0.3, 0.4) is 0 Å². The number of thioether (sulfide) groups is 1. The van der Waals surface area contributed by atoms with Gasteiger partial charge in [0, 0.05) is 4.90 Å². The molecule has 1 N–H and O–H groups in total. The highest BCUT2D eigenvalue weighted by Crippen LogP contribution is 2.25. The summed E-state index contributed by atoms with van der Waals surface area (Å²) in [5.74, 6) is 1.01. The highest BCUT2D eigenvalue weighted by atomic mass is 32.2. The smallest absolute Gasteiger partial charge is 0.265 e. The van der Waals surface area contributed by atoms with E-state index in [0.717, 1.165) is 31.9 Å². The molecule has 0 atom stereocenters. The maximum Gasteiger partial charge on any atom is 0.265 e. The number of aryl methyl sites for hydroxylation is 2. The van der Waals surface area contributed by atoms with E-state index in [9.17, 15) is 4.79 Å². The van der Waals surface area contributed by atoms with E-state index in [2.05, 4.69) is 17.4 Å².